The highest BCUT2D eigenvalue weighted by Gasteiger charge is 2.20. The molecule has 18 rings (SSSR count). The SMILES string of the molecule is c1ccc(-n2c3ccccc3c3cc(-c4cccc(-c5cc6ccc7cc(-c8ccccc8-n8c9ccccc9c9cc(-c%10ccc(-c%11cc%12ccc%13ccccc%13c%12c%12ccccc%11%12)cc%10)ccc98)ccc7c6c6ccccc56)c4)ccc32)cc1. The van der Waals surface area contributed by atoms with Crippen molar-refractivity contribution in [3.63, 3.8) is 0 Å². The first-order chi connectivity index (χ1) is 42.6. The highest BCUT2D eigenvalue weighted by Crippen LogP contribution is 2.45. The van der Waals surface area contributed by atoms with Gasteiger partial charge in [0.25, 0.3) is 0 Å². The van der Waals surface area contributed by atoms with Gasteiger partial charge < -0.3 is 9.13 Å². The van der Waals surface area contributed by atoms with Gasteiger partial charge >= 0.3 is 0 Å². The molecule has 398 valence electrons. The largest absolute Gasteiger partial charge is 0.309 e. The molecule has 0 aliphatic carbocycles. The van der Waals surface area contributed by atoms with Crippen LogP contribution in [-0.2, 0) is 0 Å². The zero-order valence-corrected chi connectivity index (χ0v) is 46.9. The van der Waals surface area contributed by atoms with E-state index in [0.29, 0.717) is 0 Å². The van der Waals surface area contributed by atoms with Crippen LogP contribution in [0.1, 0.15) is 0 Å². The van der Waals surface area contributed by atoms with Crippen molar-refractivity contribution in [2.75, 3.05) is 0 Å². The van der Waals surface area contributed by atoms with E-state index in [4.69, 9.17) is 0 Å². The van der Waals surface area contributed by atoms with Crippen LogP contribution in [-0.4, -0.2) is 9.13 Å². The molecular weight excluding hydrogens is 1040 g/mol. The third kappa shape index (κ3) is 7.46. The van der Waals surface area contributed by atoms with Gasteiger partial charge in [0.2, 0.25) is 0 Å². The van der Waals surface area contributed by atoms with Crippen molar-refractivity contribution in [2.24, 2.45) is 0 Å². The summed E-state index contributed by atoms with van der Waals surface area (Å²) in [6, 6.07) is 117. The predicted octanol–water partition coefficient (Wildman–Crippen LogP) is 23.1. The maximum absolute atomic E-state index is 2.47. The highest BCUT2D eigenvalue weighted by atomic mass is 15.0. The Labute approximate surface area is 496 Å². The predicted molar refractivity (Wildman–Crippen MR) is 367 cm³/mol. The molecule has 0 atom stereocenters. The minimum Gasteiger partial charge on any atom is -0.309 e. The molecule has 18 aromatic rings. The van der Waals surface area contributed by atoms with Crippen LogP contribution in [0, 0.1) is 0 Å². The van der Waals surface area contributed by atoms with Gasteiger partial charge in [-0.15, -0.1) is 0 Å². The molecule has 0 fully saturated rings. The average Bonchev–Trinajstić information content (AvgIpc) is 2.95. The molecule has 86 heavy (non-hydrogen) atoms. The highest BCUT2D eigenvalue weighted by molar-refractivity contribution is 6.25. The molecule has 0 radical (unpaired) electrons. The van der Waals surface area contributed by atoms with E-state index in [2.05, 4.69) is 325 Å². The van der Waals surface area contributed by atoms with Gasteiger partial charge in [0, 0.05) is 32.8 Å². The van der Waals surface area contributed by atoms with Gasteiger partial charge in [-0.2, -0.15) is 0 Å². The molecule has 0 bridgehead atoms. The Morgan fingerprint density at radius 3 is 1.31 bits per heavy atom. The first-order valence-corrected chi connectivity index (χ1v) is 29.8. The third-order valence-electron chi connectivity index (χ3n) is 18.4. The fourth-order valence-electron chi connectivity index (χ4n) is 14.5. The molecule has 0 aliphatic heterocycles. The van der Waals surface area contributed by atoms with Crippen LogP contribution in [0.3, 0.4) is 0 Å². The zero-order valence-electron chi connectivity index (χ0n) is 46.9. The van der Waals surface area contributed by atoms with E-state index in [9.17, 15) is 0 Å². The van der Waals surface area contributed by atoms with E-state index in [-0.39, 0.29) is 0 Å². The molecule has 0 saturated carbocycles. The maximum atomic E-state index is 2.47. The third-order valence-corrected chi connectivity index (χ3v) is 18.4. The van der Waals surface area contributed by atoms with Crippen LogP contribution in [0.5, 0.6) is 0 Å². The fourth-order valence-corrected chi connectivity index (χ4v) is 14.5. The summed E-state index contributed by atoms with van der Waals surface area (Å²) in [7, 11) is 0. The standard InChI is InChI=1S/C84H52N2/c1-2-20-64(21-3-1)85-79-31-14-11-26-70(79)76-50-58(43-45-81(76)85)56-18-16-19-59(47-56)75-52-63-40-38-61-48-60(41-44-67(61)84(63)73-29-9-7-25-69(73)75)65-22-10-13-30-78(65)86-80-32-15-12-27-71(80)77-49-57(42-46-82(77)86)53-33-35-55(36-34-53)74-51-62-39-37-54-17-4-5-23-66(54)83(62)72-28-8-6-24-68(72)74/h1-52H. The van der Waals surface area contributed by atoms with Crippen molar-refractivity contribution in [1.29, 1.82) is 0 Å². The van der Waals surface area contributed by atoms with Crippen molar-refractivity contribution in [3.8, 4) is 67.0 Å². The van der Waals surface area contributed by atoms with Crippen molar-refractivity contribution in [1.82, 2.24) is 9.13 Å². The number of benzene rings is 16. The summed E-state index contributed by atoms with van der Waals surface area (Å²) in [6.45, 7) is 0. The van der Waals surface area contributed by atoms with E-state index >= 15 is 0 Å². The van der Waals surface area contributed by atoms with Crippen LogP contribution < -0.4 is 0 Å². The Hall–Kier alpha value is -11.3. The molecule has 2 nitrogen and oxygen atoms in total. The Bertz CT molecular complexity index is 5820. The van der Waals surface area contributed by atoms with Crippen LogP contribution in [0.25, 0.3) is 175 Å². The lowest BCUT2D eigenvalue weighted by Crippen LogP contribution is -1.97. The van der Waals surface area contributed by atoms with Crippen LogP contribution >= 0.6 is 0 Å². The van der Waals surface area contributed by atoms with Crippen molar-refractivity contribution >= 4 is 108 Å². The Morgan fingerprint density at radius 1 is 0.174 bits per heavy atom. The van der Waals surface area contributed by atoms with E-state index in [0.717, 1.165) is 5.69 Å². The number of nitrogens with zero attached hydrogens (tertiary/aromatic N) is 2. The summed E-state index contributed by atoms with van der Waals surface area (Å²) < 4.78 is 4.85. The quantitative estimate of drug-likeness (QED) is 0.141. The minimum absolute atomic E-state index is 1.16. The van der Waals surface area contributed by atoms with E-state index in [1.54, 1.807) is 0 Å². The molecular formula is C84H52N2. The number of hydrogen-bond acceptors (Lipinski definition) is 0. The Balaban J connectivity index is 0.698. The van der Waals surface area contributed by atoms with Gasteiger partial charge in [0.1, 0.15) is 0 Å². The molecule has 0 amide bonds. The minimum atomic E-state index is 1.16. The maximum Gasteiger partial charge on any atom is 0.0541 e. The molecule has 16 aromatic carbocycles. The van der Waals surface area contributed by atoms with Crippen molar-refractivity contribution in [3.05, 3.63) is 315 Å². The summed E-state index contributed by atoms with van der Waals surface area (Å²) >= 11 is 0. The number of aromatic nitrogens is 2. The van der Waals surface area contributed by atoms with E-state index < -0.39 is 0 Å². The Kier molecular flexibility index (Phi) is 10.7. The number of rotatable bonds is 7. The van der Waals surface area contributed by atoms with Gasteiger partial charge in [-0.1, -0.05) is 237 Å². The summed E-state index contributed by atoms with van der Waals surface area (Å²) in [5.74, 6) is 0. The summed E-state index contributed by atoms with van der Waals surface area (Å²) in [5, 5.41) is 20.2. The lowest BCUT2D eigenvalue weighted by Gasteiger charge is -2.16. The average molecular weight is 1090 g/mol. The van der Waals surface area contributed by atoms with Gasteiger partial charge in [-0.3, -0.25) is 0 Å². The molecule has 2 aromatic heterocycles. The van der Waals surface area contributed by atoms with Crippen molar-refractivity contribution < 1.29 is 0 Å². The lowest BCUT2D eigenvalue weighted by atomic mass is 9.89. The van der Waals surface area contributed by atoms with Crippen LogP contribution in [0.2, 0.25) is 0 Å². The first kappa shape index (κ1) is 48.2. The summed E-state index contributed by atoms with van der Waals surface area (Å²) in [4.78, 5) is 0. The van der Waals surface area contributed by atoms with E-state index in [1.165, 1.54) is 170 Å². The second-order valence-corrected chi connectivity index (χ2v) is 23.1. The fraction of sp³-hybridized carbons (Fsp3) is 0. The molecule has 0 saturated heterocycles. The van der Waals surface area contributed by atoms with Gasteiger partial charge in [0.15, 0.2) is 0 Å². The molecule has 0 spiro atoms. The normalized spacial score (nSPS) is 12.0. The summed E-state index contributed by atoms with van der Waals surface area (Å²) in [5.41, 5.74) is 19.2. The summed E-state index contributed by atoms with van der Waals surface area (Å²) in [6.07, 6.45) is 0. The number of fused-ring (bicyclic) bond motifs is 16. The molecule has 0 aliphatic rings. The van der Waals surface area contributed by atoms with Gasteiger partial charge in [-0.05, 0) is 194 Å². The van der Waals surface area contributed by atoms with Gasteiger partial charge in [0.05, 0.1) is 27.8 Å². The van der Waals surface area contributed by atoms with Crippen LogP contribution in [0.4, 0.5) is 0 Å². The second kappa shape index (κ2) is 19.1. The van der Waals surface area contributed by atoms with E-state index in [1.807, 2.05) is 0 Å². The molecule has 0 N–H and O–H groups in total. The monoisotopic (exact) mass is 1090 g/mol. The second-order valence-electron chi connectivity index (χ2n) is 23.1. The van der Waals surface area contributed by atoms with Gasteiger partial charge in [-0.25, -0.2) is 0 Å². The first-order valence-electron chi connectivity index (χ1n) is 29.8. The zero-order chi connectivity index (χ0) is 56.4. The smallest absolute Gasteiger partial charge is 0.0541 e. The van der Waals surface area contributed by atoms with Crippen LogP contribution in [0.15, 0.2) is 315 Å². The molecule has 2 heteroatoms. The number of para-hydroxylation sites is 4. The number of hydrogen-bond donors (Lipinski definition) is 0. The Morgan fingerprint density at radius 2 is 0.616 bits per heavy atom. The molecule has 2 heterocycles. The molecule has 0 unspecified atom stereocenters. The lowest BCUT2D eigenvalue weighted by molar-refractivity contribution is 1.18. The van der Waals surface area contributed by atoms with Crippen molar-refractivity contribution in [2.45, 2.75) is 0 Å². The topological polar surface area (TPSA) is 9.86 Å².